The maximum Gasteiger partial charge on any atom is 0.538 e. The first kappa shape index (κ1) is 20.3. The topological polar surface area (TPSA) is 27.7 Å². The Morgan fingerprint density at radius 3 is 1.52 bits per heavy atom. The molecule has 4 heteroatoms. The van der Waals surface area contributed by atoms with Crippen molar-refractivity contribution in [3.8, 4) is 0 Å². The Balaban J connectivity index is 2.07. The minimum atomic E-state index is -3.15. The molecular weight excluding hydrogens is 376 g/mol. The average molecular weight is 407 g/mol. The van der Waals surface area contributed by atoms with Gasteiger partial charge in [-0.3, -0.25) is 0 Å². The second-order valence-electron chi connectivity index (χ2n) is 8.53. The molecule has 4 aromatic carbocycles. The first-order chi connectivity index (χ1) is 13.8. The lowest BCUT2D eigenvalue weighted by molar-refractivity contribution is 0.0156. The van der Waals surface area contributed by atoms with Crippen LogP contribution in [0, 0.1) is 0 Å². The SMILES string of the molecule is CC(C)O[Si](OC(C)C)(OC(C)C)c1ccc2ccc3cccc4ccc1c2c34. The van der Waals surface area contributed by atoms with Crippen molar-refractivity contribution in [1.82, 2.24) is 0 Å². The molecule has 29 heavy (non-hydrogen) atoms. The van der Waals surface area contributed by atoms with Gasteiger partial charge in [-0.25, -0.2) is 0 Å². The molecule has 0 heterocycles. The molecule has 3 nitrogen and oxygen atoms in total. The lowest BCUT2D eigenvalue weighted by Crippen LogP contribution is -2.60. The monoisotopic (exact) mass is 406 g/mol. The van der Waals surface area contributed by atoms with Crippen LogP contribution in [0.25, 0.3) is 32.3 Å². The van der Waals surface area contributed by atoms with E-state index in [1.54, 1.807) is 0 Å². The van der Waals surface area contributed by atoms with Crippen molar-refractivity contribution in [3.63, 3.8) is 0 Å². The van der Waals surface area contributed by atoms with Gasteiger partial charge in [-0.05, 0) is 73.9 Å². The number of hydrogen-bond donors (Lipinski definition) is 0. The van der Waals surface area contributed by atoms with Gasteiger partial charge in [0.05, 0.1) is 0 Å². The molecule has 0 spiro atoms. The third-order valence-corrected chi connectivity index (χ3v) is 8.47. The van der Waals surface area contributed by atoms with E-state index >= 15 is 0 Å². The van der Waals surface area contributed by atoms with Crippen LogP contribution in [0.4, 0.5) is 0 Å². The molecule has 0 aliphatic rings. The molecular formula is C25H30O3Si. The Hall–Kier alpha value is -1.98. The van der Waals surface area contributed by atoms with Crippen LogP contribution < -0.4 is 5.19 Å². The Morgan fingerprint density at radius 2 is 1.00 bits per heavy atom. The lowest BCUT2D eigenvalue weighted by atomic mass is 9.94. The molecule has 0 atom stereocenters. The smallest absolute Gasteiger partial charge is 0.367 e. The summed E-state index contributed by atoms with van der Waals surface area (Å²) in [6.07, 6.45) is -0.00635. The predicted octanol–water partition coefficient (Wildman–Crippen LogP) is 6.00. The Kier molecular flexibility index (Phi) is 5.38. The number of rotatable bonds is 7. The molecule has 0 saturated heterocycles. The van der Waals surface area contributed by atoms with Crippen LogP contribution in [0.2, 0.25) is 0 Å². The van der Waals surface area contributed by atoms with Crippen LogP contribution in [0.3, 0.4) is 0 Å². The maximum atomic E-state index is 6.53. The van der Waals surface area contributed by atoms with E-state index in [1.165, 1.54) is 32.3 Å². The lowest BCUT2D eigenvalue weighted by Gasteiger charge is -2.35. The van der Waals surface area contributed by atoms with Gasteiger partial charge < -0.3 is 13.3 Å². The first-order valence-corrected chi connectivity index (χ1v) is 12.2. The summed E-state index contributed by atoms with van der Waals surface area (Å²) in [5.41, 5.74) is 0. The first-order valence-electron chi connectivity index (χ1n) is 10.5. The maximum absolute atomic E-state index is 6.53. The third kappa shape index (κ3) is 3.66. The van der Waals surface area contributed by atoms with E-state index in [2.05, 4.69) is 54.6 Å². The van der Waals surface area contributed by atoms with Crippen LogP contribution in [0.1, 0.15) is 41.5 Å². The molecule has 0 N–H and O–H groups in total. The van der Waals surface area contributed by atoms with Gasteiger partial charge in [0.2, 0.25) is 0 Å². The van der Waals surface area contributed by atoms with Crippen LogP contribution in [0.5, 0.6) is 0 Å². The van der Waals surface area contributed by atoms with E-state index in [1.807, 2.05) is 41.5 Å². The third-order valence-electron chi connectivity index (χ3n) is 5.03. The second kappa shape index (κ2) is 7.69. The summed E-state index contributed by atoms with van der Waals surface area (Å²) < 4.78 is 19.6. The molecule has 4 aromatic rings. The summed E-state index contributed by atoms with van der Waals surface area (Å²) in [5, 5.41) is 8.52. The highest BCUT2D eigenvalue weighted by molar-refractivity contribution is 6.78. The van der Waals surface area contributed by atoms with Gasteiger partial charge in [-0.15, -0.1) is 0 Å². The van der Waals surface area contributed by atoms with E-state index in [9.17, 15) is 0 Å². The van der Waals surface area contributed by atoms with Gasteiger partial charge in [-0.1, -0.05) is 54.6 Å². The normalized spacial score (nSPS) is 13.1. The molecule has 0 fully saturated rings. The fourth-order valence-electron chi connectivity index (χ4n) is 4.21. The van der Waals surface area contributed by atoms with Gasteiger partial charge in [0.15, 0.2) is 0 Å². The van der Waals surface area contributed by atoms with E-state index in [0.29, 0.717) is 0 Å². The summed E-state index contributed by atoms with van der Waals surface area (Å²) >= 11 is 0. The van der Waals surface area contributed by atoms with Crippen molar-refractivity contribution in [1.29, 1.82) is 0 Å². The molecule has 152 valence electrons. The molecule has 0 aromatic heterocycles. The highest BCUT2D eigenvalue weighted by Gasteiger charge is 2.48. The fourth-order valence-corrected chi connectivity index (χ4v) is 7.44. The zero-order chi connectivity index (χ0) is 20.8. The zero-order valence-electron chi connectivity index (χ0n) is 18.2. The average Bonchev–Trinajstić information content (AvgIpc) is 2.64. The molecule has 0 radical (unpaired) electrons. The number of benzene rings is 4. The highest BCUT2D eigenvalue weighted by atomic mass is 28.4. The Labute approximate surface area is 174 Å². The van der Waals surface area contributed by atoms with E-state index in [-0.39, 0.29) is 18.3 Å². The van der Waals surface area contributed by atoms with Gasteiger partial charge in [-0.2, -0.15) is 0 Å². The Bertz CT molecular complexity index is 1090. The standard InChI is InChI=1S/C25H30O3Si/c1-16(2)26-29(27-17(3)4,28-18(5)6)23-15-13-21-11-10-19-8-7-9-20-12-14-22(23)25(21)24(19)20/h7-18H,1-6H3. The predicted molar refractivity (Wildman–Crippen MR) is 124 cm³/mol. The van der Waals surface area contributed by atoms with Crippen molar-refractivity contribution in [2.45, 2.75) is 59.9 Å². The summed E-state index contributed by atoms with van der Waals surface area (Å²) in [7, 11) is -3.15. The largest absolute Gasteiger partial charge is 0.538 e. The van der Waals surface area contributed by atoms with Gasteiger partial charge in [0.25, 0.3) is 0 Å². The minimum Gasteiger partial charge on any atom is -0.367 e. The summed E-state index contributed by atoms with van der Waals surface area (Å²) in [6, 6.07) is 19.6. The molecule has 0 bridgehead atoms. The van der Waals surface area contributed by atoms with Crippen LogP contribution in [-0.2, 0) is 13.3 Å². The quantitative estimate of drug-likeness (QED) is 0.278. The summed E-state index contributed by atoms with van der Waals surface area (Å²) in [6.45, 7) is 12.3. The van der Waals surface area contributed by atoms with Crippen LogP contribution in [0.15, 0.2) is 54.6 Å². The number of hydrogen-bond acceptors (Lipinski definition) is 3. The molecule has 4 rings (SSSR count). The van der Waals surface area contributed by atoms with Crippen molar-refractivity contribution < 1.29 is 13.3 Å². The van der Waals surface area contributed by atoms with Gasteiger partial charge >= 0.3 is 8.80 Å². The van der Waals surface area contributed by atoms with Gasteiger partial charge in [0.1, 0.15) is 0 Å². The molecule has 0 amide bonds. The van der Waals surface area contributed by atoms with Crippen molar-refractivity contribution in [2.24, 2.45) is 0 Å². The zero-order valence-corrected chi connectivity index (χ0v) is 19.2. The van der Waals surface area contributed by atoms with E-state index in [4.69, 9.17) is 13.3 Å². The Morgan fingerprint density at radius 1 is 0.552 bits per heavy atom. The summed E-state index contributed by atoms with van der Waals surface area (Å²) in [5.74, 6) is 0. The molecule has 0 aliphatic carbocycles. The summed E-state index contributed by atoms with van der Waals surface area (Å²) in [4.78, 5) is 0. The van der Waals surface area contributed by atoms with E-state index < -0.39 is 8.80 Å². The van der Waals surface area contributed by atoms with Crippen LogP contribution in [-0.4, -0.2) is 27.1 Å². The molecule has 0 unspecified atom stereocenters. The highest BCUT2D eigenvalue weighted by Crippen LogP contribution is 2.35. The second-order valence-corrected chi connectivity index (χ2v) is 10.9. The minimum absolute atomic E-state index is 0.00212. The van der Waals surface area contributed by atoms with E-state index in [0.717, 1.165) is 5.19 Å². The van der Waals surface area contributed by atoms with Crippen LogP contribution >= 0.6 is 0 Å². The van der Waals surface area contributed by atoms with Crippen molar-refractivity contribution in [3.05, 3.63) is 54.6 Å². The van der Waals surface area contributed by atoms with Crippen molar-refractivity contribution >= 4 is 46.3 Å². The molecule has 0 saturated carbocycles. The fraction of sp³-hybridized carbons (Fsp3) is 0.360. The molecule has 0 aliphatic heterocycles. The van der Waals surface area contributed by atoms with Crippen molar-refractivity contribution in [2.75, 3.05) is 0 Å². The van der Waals surface area contributed by atoms with Gasteiger partial charge in [0, 0.05) is 23.5 Å².